The highest BCUT2D eigenvalue weighted by molar-refractivity contribution is 5.97. The van der Waals surface area contributed by atoms with Gasteiger partial charge in [-0.15, -0.1) is 0 Å². The zero-order valence-electron chi connectivity index (χ0n) is 9.51. The van der Waals surface area contributed by atoms with Crippen LogP contribution in [0.1, 0.15) is 12.6 Å². The monoisotopic (exact) mass is 227 g/mol. The van der Waals surface area contributed by atoms with E-state index in [4.69, 9.17) is 5.73 Å². The van der Waals surface area contributed by atoms with Crippen molar-refractivity contribution in [3.8, 4) is 0 Å². The molecule has 0 aliphatic carbocycles. The average molecular weight is 227 g/mol. The highest BCUT2D eigenvalue weighted by Gasteiger charge is 2.12. The van der Waals surface area contributed by atoms with Gasteiger partial charge in [0.05, 0.1) is 5.39 Å². The Morgan fingerprint density at radius 3 is 3.00 bits per heavy atom. The topological polar surface area (TPSA) is 80.5 Å². The third kappa shape index (κ3) is 1.94. The van der Waals surface area contributed by atoms with E-state index in [0.29, 0.717) is 11.5 Å². The van der Waals surface area contributed by atoms with Crippen LogP contribution in [0.25, 0.3) is 16.6 Å². The van der Waals surface area contributed by atoms with Gasteiger partial charge in [-0.3, -0.25) is 5.10 Å². The van der Waals surface area contributed by atoms with Gasteiger partial charge in [-0.05, 0) is 6.92 Å². The Kier molecular flexibility index (Phi) is 3.00. The molecule has 3 N–H and O–H groups in total. The van der Waals surface area contributed by atoms with Gasteiger partial charge in [-0.1, -0.05) is 30.9 Å². The van der Waals surface area contributed by atoms with Gasteiger partial charge in [0, 0.05) is 5.57 Å². The van der Waals surface area contributed by atoms with E-state index in [9.17, 15) is 0 Å². The van der Waals surface area contributed by atoms with Crippen LogP contribution in [0.15, 0.2) is 37.2 Å². The number of nitrogens with zero attached hydrogens (tertiary/aromatic N) is 3. The minimum Gasteiger partial charge on any atom is -0.383 e. The molecule has 0 aromatic carbocycles. The van der Waals surface area contributed by atoms with Crippen LogP contribution in [0.2, 0.25) is 0 Å². The summed E-state index contributed by atoms with van der Waals surface area (Å²) >= 11 is 0. The maximum atomic E-state index is 5.84. The van der Waals surface area contributed by atoms with E-state index in [2.05, 4.69) is 26.7 Å². The van der Waals surface area contributed by atoms with E-state index < -0.39 is 0 Å². The lowest BCUT2D eigenvalue weighted by molar-refractivity contribution is 1.08. The molecule has 0 aliphatic heterocycles. The number of hydrogen-bond acceptors (Lipinski definition) is 4. The average Bonchev–Trinajstić information content (AvgIpc) is 2.74. The minimum atomic E-state index is 0.415. The SMILES string of the molecule is C=C/C=C(\C=C/C)c1n[nH]c2ncnc(N)c12. The first-order valence-corrected chi connectivity index (χ1v) is 5.18. The number of nitrogen functional groups attached to an aromatic ring is 1. The second-order valence-electron chi connectivity index (χ2n) is 3.41. The molecule has 5 nitrogen and oxygen atoms in total. The van der Waals surface area contributed by atoms with Crippen molar-refractivity contribution in [2.45, 2.75) is 6.92 Å². The summed E-state index contributed by atoms with van der Waals surface area (Å²) in [6.45, 7) is 5.62. The molecule has 17 heavy (non-hydrogen) atoms. The number of allylic oxidation sites excluding steroid dienone is 5. The van der Waals surface area contributed by atoms with Gasteiger partial charge in [0.1, 0.15) is 17.8 Å². The molecule has 0 atom stereocenters. The standard InChI is InChI=1S/C12H13N5/c1-3-5-8(6-4-2)10-9-11(13)14-7-15-12(9)17-16-10/h3-7H,1H2,2H3,(H3,13,14,15,16,17)/b6-4-,8-5+. The van der Waals surface area contributed by atoms with E-state index in [0.717, 1.165) is 16.7 Å². The number of aromatic amines is 1. The Hall–Kier alpha value is -2.43. The lowest BCUT2D eigenvalue weighted by Gasteiger charge is -1.99. The highest BCUT2D eigenvalue weighted by atomic mass is 15.2. The van der Waals surface area contributed by atoms with E-state index in [1.54, 1.807) is 6.08 Å². The summed E-state index contributed by atoms with van der Waals surface area (Å²) in [6.07, 6.45) is 8.84. The summed E-state index contributed by atoms with van der Waals surface area (Å²) in [5.41, 5.74) is 8.12. The number of fused-ring (bicyclic) bond motifs is 1. The van der Waals surface area contributed by atoms with Gasteiger partial charge in [-0.2, -0.15) is 5.10 Å². The predicted molar refractivity (Wildman–Crippen MR) is 69.1 cm³/mol. The van der Waals surface area contributed by atoms with E-state index in [1.807, 2.05) is 25.2 Å². The van der Waals surface area contributed by atoms with Crippen LogP contribution >= 0.6 is 0 Å². The van der Waals surface area contributed by atoms with Gasteiger partial charge >= 0.3 is 0 Å². The highest BCUT2D eigenvalue weighted by Crippen LogP contribution is 2.25. The van der Waals surface area contributed by atoms with Crippen LogP contribution in [0.3, 0.4) is 0 Å². The van der Waals surface area contributed by atoms with Crippen LogP contribution in [0.5, 0.6) is 0 Å². The summed E-state index contributed by atoms with van der Waals surface area (Å²) in [7, 11) is 0. The largest absolute Gasteiger partial charge is 0.383 e. The van der Waals surface area contributed by atoms with E-state index >= 15 is 0 Å². The summed E-state index contributed by atoms with van der Waals surface area (Å²) in [5.74, 6) is 0.415. The van der Waals surface area contributed by atoms with Crippen molar-refractivity contribution in [1.29, 1.82) is 0 Å². The molecule has 0 bridgehead atoms. The molecule has 0 amide bonds. The fourth-order valence-corrected chi connectivity index (χ4v) is 1.61. The molecule has 2 rings (SSSR count). The van der Waals surface area contributed by atoms with Gasteiger partial charge in [0.2, 0.25) is 0 Å². The first-order valence-electron chi connectivity index (χ1n) is 5.18. The summed E-state index contributed by atoms with van der Waals surface area (Å²) in [4.78, 5) is 8.05. The van der Waals surface area contributed by atoms with E-state index in [1.165, 1.54) is 6.33 Å². The maximum Gasteiger partial charge on any atom is 0.161 e. The lowest BCUT2D eigenvalue weighted by atomic mass is 10.1. The molecular weight excluding hydrogens is 214 g/mol. The fourth-order valence-electron chi connectivity index (χ4n) is 1.61. The lowest BCUT2D eigenvalue weighted by Crippen LogP contribution is -1.93. The number of nitrogens with two attached hydrogens (primary N) is 1. The van der Waals surface area contributed by atoms with Crippen molar-refractivity contribution in [2.75, 3.05) is 5.73 Å². The Morgan fingerprint density at radius 2 is 2.29 bits per heavy atom. The molecule has 0 radical (unpaired) electrons. The molecule has 86 valence electrons. The fraction of sp³-hybridized carbons (Fsp3) is 0.0833. The summed E-state index contributed by atoms with van der Waals surface area (Å²) in [5, 5.41) is 7.79. The van der Waals surface area contributed by atoms with Gasteiger partial charge in [0.15, 0.2) is 5.65 Å². The predicted octanol–water partition coefficient (Wildman–Crippen LogP) is 2.08. The second kappa shape index (κ2) is 4.61. The van der Waals surface area contributed by atoms with E-state index in [-0.39, 0.29) is 0 Å². The first-order chi connectivity index (χ1) is 8.27. The molecular formula is C12H13N5. The van der Waals surface area contributed by atoms with Crippen molar-refractivity contribution in [1.82, 2.24) is 20.2 Å². The van der Waals surface area contributed by atoms with Crippen molar-refractivity contribution in [3.05, 3.63) is 42.9 Å². The van der Waals surface area contributed by atoms with Crippen molar-refractivity contribution in [3.63, 3.8) is 0 Å². The van der Waals surface area contributed by atoms with Crippen LogP contribution in [0, 0.1) is 0 Å². The van der Waals surface area contributed by atoms with Crippen molar-refractivity contribution >= 4 is 22.4 Å². The molecule has 2 heterocycles. The Balaban J connectivity index is 2.70. The normalized spacial score (nSPS) is 12.4. The van der Waals surface area contributed by atoms with Crippen LogP contribution in [-0.2, 0) is 0 Å². The number of anilines is 1. The molecule has 0 spiro atoms. The van der Waals surface area contributed by atoms with Crippen LogP contribution in [-0.4, -0.2) is 20.2 Å². The molecule has 0 saturated heterocycles. The molecule has 0 aliphatic rings. The van der Waals surface area contributed by atoms with Crippen LogP contribution in [0.4, 0.5) is 5.82 Å². The summed E-state index contributed by atoms with van der Waals surface area (Å²) in [6, 6.07) is 0. The quantitative estimate of drug-likeness (QED) is 0.787. The number of H-pyrrole nitrogens is 1. The van der Waals surface area contributed by atoms with Gasteiger partial charge in [0.25, 0.3) is 0 Å². The molecule has 5 heteroatoms. The number of rotatable bonds is 3. The Morgan fingerprint density at radius 1 is 1.47 bits per heavy atom. The number of hydrogen-bond donors (Lipinski definition) is 2. The molecule has 2 aromatic rings. The summed E-state index contributed by atoms with van der Waals surface area (Å²) < 4.78 is 0. The Bertz CT molecular complexity index is 606. The smallest absolute Gasteiger partial charge is 0.161 e. The zero-order chi connectivity index (χ0) is 12.3. The third-order valence-corrected chi connectivity index (χ3v) is 2.30. The zero-order valence-corrected chi connectivity index (χ0v) is 9.51. The first kappa shape index (κ1) is 11.1. The Labute approximate surface area is 98.8 Å². The molecule has 0 saturated carbocycles. The molecule has 0 fully saturated rings. The van der Waals surface area contributed by atoms with Crippen LogP contribution < -0.4 is 5.73 Å². The third-order valence-electron chi connectivity index (χ3n) is 2.30. The maximum absolute atomic E-state index is 5.84. The number of nitrogens with one attached hydrogen (secondary N) is 1. The van der Waals surface area contributed by atoms with Crippen molar-refractivity contribution < 1.29 is 0 Å². The molecule has 0 unspecified atom stereocenters. The molecule has 2 aromatic heterocycles. The van der Waals surface area contributed by atoms with Gasteiger partial charge in [-0.25, -0.2) is 9.97 Å². The minimum absolute atomic E-state index is 0.415. The van der Waals surface area contributed by atoms with Gasteiger partial charge < -0.3 is 5.73 Å². The second-order valence-corrected chi connectivity index (χ2v) is 3.41. The number of aromatic nitrogens is 4. The van der Waals surface area contributed by atoms with Crippen molar-refractivity contribution in [2.24, 2.45) is 0 Å².